The fourth-order valence-corrected chi connectivity index (χ4v) is 3.78. The van der Waals surface area contributed by atoms with Gasteiger partial charge in [-0.05, 0) is 31.5 Å². The van der Waals surface area contributed by atoms with Gasteiger partial charge in [0.1, 0.15) is 0 Å². The molecule has 108 valence electrons. The molecule has 0 amide bonds. The molecule has 0 saturated heterocycles. The molecule has 0 aliphatic rings. The summed E-state index contributed by atoms with van der Waals surface area (Å²) in [6, 6.07) is 4.87. The van der Waals surface area contributed by atoms with Crippen LogP contribution in [0.4, 0.5) is 5.69 Å². The normalized spacial score (nSPS) is 11.7. The van der Waals surface area contributed by atoms with E-state index in [0.29, 0.717) is 24.2 Å². The zero-order valence-electron chi connectivity index (χ0n) is 11.4. The van der Waals surface area contributed by atoms with Crippen LogP contribution in [-0.4, -0.2) is 19.9 Å². The molecule has 0 saturated carbocycles. The Balaban J connectivity index is 2.06. The molecule has 0 unspecified atom stereocenters. The Morgan fingerprint density at radius 1 is 1.35 bits per heavy atom. The second kappa shape index (κ2) is 5.90. The van der Waals surface area contributed by atoms with Gasteiger partial charge in [-0.15, -0.1) is 11.3 Å². The van der Waals surface area contributed by atoms with Crippen molar-refractivity contribution >= 4 is 27.0 Å². The molecule has 0 spiro atoms. The molecule has 1 aromatic heterocycles. The summed E-state index contributed by atoms with van der Waals surface area (Å²) in [5.74, 6) is 0. The van der Waals surface area contributed by atoms with E-state index in [1.54, 1.807) is 30.4 Å². The monoisotopic (exact) mass is 311 g/mol. The average Bonchev–Trinajstić information content (AvgIpc) is 2.78. The maximum Gasteiger partial charge on any atom is 0.240 e. The minimum atomic E-state index is -3.53. The van der Waals surface area contributed by atoms with Crippen molar-refractivity contribution in [3.05, 3.63) is 39.8 Å². The Morgan fingerprint density at radius 2 is 2.10 bits per heavy atom. The number of sulfonamides is 1. The van der Waals surface area contributed by atoms with E-state index in [4.69, 9.17) is 5.73 Å². The number of anilines is 1. The first kappa shape index (κ1) is 15.0. The van der Waals surface area contributed by atoms with E-state index in [2.05, 4.69) is 9.71 Å². The third kappa shape index (κ3) is 3.56. The van der Waals surface area contributed by atoms with Crippen LogP contribution in [0.1, 0.15) is 16.3 Å². The zero-order valence-corrected chi connectivity index (χ0v) is 13.0. The van der Waals surface area contributed by atoms with Crippen molar-refractivity contribution in [1.29, 1.82) is 0 Å². The number of hydrogen-bond acceptors (Lipinski definition) is 5. The molecule has 0 aliphatic heterocycles. The number of nitrogens with two attached hydrogens (primary N) is 1. The smallest absolute Gasteiger partial charge is 0.240 e. The molecule has 0 atom stereocenters. The predicted octanol–water partition coefficient (Wildman–Crippen LogP) is 1.86. The Labute approximate surface area is 122 Å². The lowest BCUT2D eigenvalue weighted by molar-refractivity contribution is 0.581. The highest BCUT2D eigenvalue weighted by molar-refractivity contribution is 7.89. The lowest BCUT2D eigenvalue weighted by Gasteiger charge is -2.09. The lowest BCUT2D eigenvalue weighted by atomic mass is 10.2. The Morgan fingerprint density at radius 3 is 2.75 bits per heavy atom. The van der Waals surface area contributed by atoms with E-state index >= 15 is 0 Å². The standard InChI is InChI=1S/C13H17N3O2S2/c1-9-3-4-11(14)7-13(9)20(17,18)15-6-5-12-8-19-10(2)16-12/h3-4,7-8,15H,5-6,14H2,1-2H3. The van der Waals surface area contributed by atoms with E-state index in [0.717, 1.165) is 10.7 Å². The van der Waals surface area contributed by atoms with E-state index in [9.17, 15) is 8.42 Å². The van der Waals surface area contributed by atoms with Gasteiger partial charge >= 0.3 is 0 Å². The van der Waals surface area contributed by atoms with Crippen molar-refractivity contribution in [1.82, 2.24) is 9.71 Å². The molecule has 5 nitrogen and oxygen atoms in total. The van der Waals surface area contributed by atoms with Crippen LogP contribution in [0.5, 0.6) is 0 Å². The van der Waals surface area contributed by atoms with Gasteiger partial charge in [-0.25, -0.2) is 18.1 Å². The first-order valence-electron chi connectivity index (χ1n) is 6.15. The molecular formula is C13H17N3O2S2. The number of nitrogens with zero attached hydrogens (tertiary/aromatic N) is 1. The van der Waals surface area contributed by atoms with Gasteiger partial charge in [0.05, 0.1) is 15.6 Å². The van der Waals surface area contributed by atoms with Crippen LogP contribution in [0.25, 0.3) is 0 Å². The highest BCUT2D eigenvalue weighted by Gasteiger charge is 2.16. The number of aryl methyl sites for hydroxylation is 2. The molecule has 7 heteroatoms. The Bertz CT molecular complexity index is 708. The van der Waals surface area contributed by atoms with Crippen LogP contribution in [0, 0.1) is 13.8 Å². The van der Waals surface area contributed by atoms with Crippen LogP contribution in [-0.2, 0) is 16.4 Å². The highest BCUT2D eigenvalue weighted by atomic mass is 32.2. The molecule has 1 aromatic carbocycles. The van der Waals surface area contributed by atoms with Gasteiger partial charge in [0, 0.05) is 24.0 Å². The maximum absolute atomic E-state index is 12.2. The molecule has 0 radical (unpaired) electrons. The van der Waals surface area contributed by atoms with E-state index < -0.39 is 10.0 Å². The summed E-state index contributed by atoms with van der Waals surface area (Å²) >= 11 is 1.56. The fourth-order valence-electron chi connectivity index (χ4n) is 1.82. The SMILES string of the molecule is Cc1nc(CCNS(=O)(=O)c2cc(N)ccc2C)cs1. The third-order valence-electron chi connectivity index (χ3n) is 2.84. The average molecular weight is 311 g/mol. The number of hydrogen-bond donors (Lipinski definition) is 2. The van der Waals surface area contributed by atoms with Gasteiger partial charge in [-0.3, -0.25) is 0 Å². The van der Waals surface area contributed by atoms with Gasteiger partial charge in [0.15, 0.2) is 0 Å². The molecule has 20 heavy (non-hydrogen) atoms. The van der Waals surface area contributed by atoms with E-state index in [1.165, 1.54) is 6.07 Å². The van der Waals surface area contributed by atoms with Crippen molar-refractivity contribution in [2.24, 2.45) is 0 Å². The number of rotatable bonds is 5. The third-order valence-corrected chi connectivity index (χ3v) is 5.27. The van der Waals surface area contributed by atoms with Crippen LogP contribution >= 0.6 is 11.3 Å². The van der Waals surface area contributed by atoms with Crippen LogP contribution < -0.4 is 10.5 Å². The van der Waals surface area contributed by atoms with Crippen LogP contribution in [0.3, 0.4) is 0 Å². The summed E-state index contributed by atoms with van der Waals surface area (Å²) in [5.41, 5.74) is 7.66. The van der Waals surface area contributed by atoms with Gasteiger partial charge in [-0.2, -0.15) is 0 Å². The van der Waals surface area contributed by atoms with Gasteiger partial charge in [-0.1, -0.05) is 6.07 Å². The summed E-state index contributed by atoms with van der Waals surface area (Å²) in [6.45, 7) is 3.99. The summed E-state index contributed by atoms with van der Waals surface area (Å²) in [5, 5.41) is 2.92. The molecule has 1 heterocycles. The largest absolute Gasteiger partial charge is 0.399 e. The Kier molecular flexibility index (Phi) is 4.42. The topological polar surface area (TPSA) is 85.1 Å². The van der Waals surface area contributed by atoms with Crippen molar-refractivity contribution in [2.75, 3.05) is 12.3 Å². The number of nitrogens with one attached hydrogen (secondary N) is 1. The second-order valence-corrected chi connectivity index (χ2v) is 7.33. The van der Waals surface area contributed by atoms with E-state index in [1.807, 2.05) is 12.3 Å². The van der Waals surface area contributed by atoms with Crippen LogP contribution in [0.15, 0.2) is 28.5 Å². The summed E-state index contributed by atoms with van der Waals surface area (Å²) in [4.78, 5) is 4.53. The molecule has 0 fully saturated rings. The van der Waals surface area contributed by atoms with Crippen molar-refractivity contribution in [2.45, 2.75) is 25.2 Å². The quantitative estimate of drug-likeness (QED) is 0.825. The second-order valence-electron chi connectivity index (χ2n) is 4.53. The highest BCUT2D eigenvalue weighted by Crippen LogP contribution is 2.18. The van der Waals surface area contributed by atoms with Crippen LogP contribution in [0.2, 0.25) is 0 Å². The van der Waals surface area contributed by atoms with Gasteiger partial charge in [0.2, 0.25) is 10.0 Å². The maximum atomic E-state index is 12.2. The molecule has 0 aliphatic carbocycles. The van der Waals surface area contributed by atoms with Crippen molar-refractivity contribution in [3.8, 4) is 0 Å². The summed E-state index contributed by atoms with van der Waals surface area (Å²) in [6.07, 6.45) is 0.574. The molecule has 2 rings (SSSR count). The fraction of sp³-hybridized carbons (Fsp3) is 0.308. The summed E-state index contributed by atoms with van der Waals surface area (Å²) in [7, 11) is -3.53. The number of nitrogen functional groups attached to an aromatic ring is 1. The van der Waals surface area contributed by atoms with E-state index in [-0.39, 0.29) is 4.90 Å². The predicted molar refractivity (Wildman–Crippen MR) is 81.3 cm³/mol. The minimum Gasteiger partial charge on any atom is -0.399 e. The van der Waals surface area contributed by atoms with Gasteiger partial charge < -0.3 is 5.73 Å². The Hall–Kier alpha value is -1.44. The first-order valence-corrected chi connectivity index (χ1v) is 8.51. The molecule has 2 aromatic rings. The first-order chi connectivity index (χ1) is 9.38. The lowest BCUT2D eigenvalue weighted by Crippen LogP contribution is -2.26. The zero-order chi connectivity index (χ0) is 14.8. The van der Waals surface area contributed by atoms with Gasteiger partial charge in [0.25, 0.3) is 0 Å². The molecular weight excluding hydrogens is 294 g/mol. The summed E-state index contributed by atoms with van der Waals surface area (Å²) < 4.78 is 27.0. The number of aromatic nitrogens is 1. The number of thiazole rings is 1. The molecule has 3 N–H and O–H groups in total. The number of benzene rings is 1. The molecule has 0 bridgehead atoms. The van der Waals surface area contributed by atoms with Crippen molar-refractivity contribution in [3.63, 3.8) is 0 Å². The minimum absolute atomic E-state index is 0.229. The van der Waals surface area contributed by atoms with Crippen molar-refractivity contribution < 1.29 is 8.42 Å².